The molecule has 1 N–H and O–H groups in total. The van der Waals surface area contributed by atoms with Gasteiger partial charge in [0.15, 0.2) is 0 Å². The quantitative estimate of drug-likeness (QED) is 0.539. The van der Waals surface area contributed by atoms with Crippen molar-refractivity contribution in [2.24, 2.45) is 0 Å². The third kappa shape index (κ3) is 2.90. The third-order valence-corrected chi connectivity index (χ3v) is 4.22. The lowest BCUT2D eigenvalue weighted by molar-refractivity contribution is -0.664. The summed E-state index contributed by atoms with van der Waals surface area (Å²) in [4.78, 5) is 8.22. The van der Waals surface area contributed by atoms with Crippen LogP contribution in [-0.4, -0.2) is 9.97 Å². The normalized spacial score (nSPS) is 11.0. The summed E-state index contributed by atoms with van der Waals surface area (Å²) in [5, 5.41) is 0. The lowest BCUT2D eigenvalue weighted by Crippen LogP contribution is -2.35. The van der Waals surface area contributed by atoms with Gasteiger partial charge in [-0.05, 0) is 44.7 Å². The first kappa shape index (κ1) is 14.2. The highest BCUT2D eigenvalue weighted by molar-refractivity contribution is 9.10. The molecule has 0 spiro atoms. The summed E-state index contributed by atoms with van der Waals surface area (Å²) in [7, 11) is 0. The maximum absolute atomic E-state index is 4.81. The molecule has 0 atom stereocenters. The molecule has 0 fully saturated rings. The number of nitrogens with zero attached hydrogens (tertiary/aromatic N) is 2. The van der Waals surface area contributed by atoms with Crippen molar-refractivity contribution in [3.8, 4) is 11.4 Å². The Labute approximate surface area is 142 Å². The second kappa shape index (κ2) is 5.97. The maximum atomic E-state index is 4.81. The second-order valence-electron chi connectivity index (χ2n) is 5.46. The van der Waals surface area contributed by atoms with Crippen molar-refractivity contribution in [2.45, 2.75) is 6.54 Å². The molecule has 23 heavy (non-hydrogen) atoms. The van der Waals surface area contributed by atoms with Crippen molar-refractivity contribution in [2.75, 3.05) is 0 Å². The summed E-state index contributed by atoms with van der Waals surface area (Å²) in [5.74, 6) is 0.889. The predicted octanol–water partition coefficient (Wildman–Crippen LogP) is 4.33. The highest BCUT2D eigenvalue weighted by Crippen LogP contribution is 2.20. The Kier molecular flexibility index (Phi) is 3.67. The van der Waals surface area contributed by atoms with E-state index in [1.54, 1.807) is 0 Å². The SMILES string of the molecule is Brc1cc2[nH]c(-c3ccccc3)nc2[n+](Cc2ccccc2)c1. The molecule has 2 aromatic carbocycles. The summed E-state index contributed by atoms with van der Waals surface area (Å²) in [6, 6.07) is 22.7. The van der Waals surface area contributed by atoms with Crippen LogP contribution in [0.4, 0.5) is 0 Å². The number of aromatic amines is 1. The lowest BCUT2D eigenvalue weighted by Gasteiger charge is -2.01. The van der Waals surface area contributed by atoms with E-state index in [0.29, 0.717) is 0 Å². The van der Waals surface area contributed by atoms with Crippen LogP contribution in [0.1, 0.15) is 5.56 Å². The molecule has 0 unspecified atom stereocenters. The molecule has 2 heterocycles. The van der Waals surface area contributed by atoms with Crippen LogP contribution in [-0.2, 0) is 6.54 Å². The maximum Gasteiger partial charge on any atom is 0.349 e. The number of rotatable bonds is 3. The van der Waals surface area contributed by atoms with Crippen LogP contribution in [0.5, 0.6) is 0 Å². The number of imidazole rings is 1. The number of benzene rings is 2. The van der Waals surface area contributed by atoms with Crippen LogP contribution in [0.2, 0.25) is 0 Å². The standard InChI is InChI=1S/C19H14BrN3/c20-16-11-17-19(22-18(21-17)15-9-5-2-6-10-15)23(13-16)12-14-7-3-1-4-8-14/h1-11,13H,12H2/p+1. The second-order valence-corrected chi connectivity index (χ2v) is 6.38. The van der Waals surface area contributed by atoms with E-state index >= 15 is 0 Å². The van der Waals surface area contributed by atoms with Crippen molar-refractivity contribution in [1.82, 2.24) is 9.97 Å². The topological polar surface area (TPSA) is 32.6 Å². The number of fused-ring (bicyclic) bond motifs is 1. The van der Waals surface area contributed by atoms with Crippen molar-refractivity contribution < 1.29 is 4.57 Å². The smallest absolute Gasteiger partial charge is 0.312 e. The van der Waals surface area contributed by atoms with Gasteiger partial charge in [-0.25, -0.2) is 4.57 Å². The van der Waals surface area contributed by atoms with Gasteiger partial charge in [-0.3, -0.25) is 0 Å². The minimum atomic E-state index is 0.788. The van der Waals surface area contributed by atoms with E-state index < -0.39 is 0 Å². The van der Waals surface area contributed by atoms with Gasteiger partial charge < -0.3 is 4.98 Å². The van der Waals surface area contributed by atoms with Crippen molar-refractivity contribution in [3.05, 3.63) is 83.0 Å². The van der Waals surface area contributed by atoms with E-state index in [9.17, 15) is 0 Å². The third-order valence-electron chi connectivity index (χ3n) is 3.79. The first-order valence-electron chi connectivity index (χ1n) is 7.48. The molecule has 4 heteroatoms. The van der Waals surface area contributed by atoms with Crippen molar-refractivity contribution in [3.63, 3.8) is 0 Å². The fraction of sp³-hybridized carbons (Fsp3) is 0.0526. The molecule has 0 aliphatic heterocycles. The Morgan fingerprint density at radius 3 is 2.39 bits per heavy atom. The van der Waals surface area contributed by atoms with Gasteiger partial charge in [-0.15, -0.1) is 0 Å². The van der Waals surface area contributed by atoms with Crippen molar-refractivity contribution >= 4 is 27.1 Å². The van der Waals surface area contributed by atoms with E-state index in [0.717, 1.165) is 33.6 Å². The van der Waals surface area contributed by atoms with Crippen LogP contribution in [0.3, 0.4) is 0 Å². The van der Waals surface area contributed by atoms with Gasteiger partial charge in [0.2, 0.25) is 0 Å². The Bertz CT molecular complexity index is 946. The number of H-pyrrole nitrogens is 1. The van der Waals surface area contributed by atoms with Crippen LogP contribution >= 0.6 is 15.9 Å². The molecule has 4 rings (SSSR count). The van der Waals surface area contributed by atoms with E-state index in [2.05, 4.69) is 74.1 Å². The summed E-state index contributed by atoms with van der Waals surface area (Å²) >= 11 is 3.59. The van der Waals surface area contributed by atoms with Gasteiger partial charge in [-0.1, -0.05) is 48.5 Å². The van der Waals surface area contributed by atoms with E-state index in [-0.39, 0.29) is 0 Å². The molecular formula is C19H15BrN3+. The average molecular weight is 365 g/mol. The molecule has 3 nitrogen and oxygen atoms in total. The molecule has 112 valence electrons. The fourth-order valence-electron chi connectivity index (χ4n) is 2.72. The lowest BCUT2D eigenvalue weighted by atomic mass is 10.2. The molecule has 0 saturated heterocycles. The van der Waals surface area contributed by atoms with E-state index in [1.165, 1.54) is 5.56 Å². The Morgan fingerprint density at radius 1 is 0.957 bits per heavy atom. The minimum absolute atomic E-state index is 0.788. The number of aromatic nitrogens is 3. The highest BCUT2D eigenvalue weighted by atomic mass is 79.9. The predicted molar refractivity (Wildman–Crippen MR) is 95.0 cm³/mol. The number of pyridine rings is 1. The highest BCUT2D eigenvalue weighted by Gasteiger charge is 2.18. The minimum Gasteiger partial charge on any atom is -0.312 e. The summed E-state index contributed by atoms with van der Waals surface area (Å²) in [5.41, 5.74) is 4.32. The zero-order valence-corrected chi connectivity index (χ0v) is 14.0. The van der Waals surface area contributed by atoms with Gasteiger partial charge >= 0.3 is 5.65 Å². The zero-order valence-electron chi connectivity index (χ0n) is 12.4. The number of halogens is 1. The van der Waals surface area contributed by atoms with Crippen LogP contribution in [0.25, 0.3) is 22.6 Å². The molecule has 0 bridgehead atoms. The molecule has 0 aliphatic carbocycles. The number of nitrogens with one attached hydrogen (secondary N) is 1. The van der Waals surface area contributed by atoms with Gasteiger partial charge in [0.1, 0.15) is 18.3 Å². The van der Waals surface area contributed by atoms with Crippen LogP contribution < -0.4 is 4.57 Å². The monoisotopic (exact) mass is 364 g/mol. The number of hydrogen-bond donors (Lipinski definition) is 1. The van der Waals surface area contributed by atoms with Crippen LogP contribution in [0, 0.1) is 0 Å². The van der Waals surface area contributed by atoms with Crippen LogP contribution in [0.15, 0.2) is 77.4 Å². The summed E-state index contributed by atoms with van der Waals surface area (Å²) < 4.78 is 3.20. The van der Waals surface area contributed by atoms with Gasteiger partial charge in [0, 0.05) is 5.56 Å². The Balaban J connectivity index is 1.83. The molecule has 0 saturated carbocycles. The first-order chi connectivity index (χ1) is 11.3. The average Bonchev–Trinajstić information content (AvgIpc) is 3.01. The summed E-state index contributed by atoms with van der Waals surface area (Å²) in [6.45, 7) is 0.788. The van der Waals surface area contributed by atoms with E-state index in [1.807, 2.05) is 24.3 Å². The molecule has 0 amide bonds. The Morgan fingerprint density at radius 2 is 1.65 bits per heavy atom. The van der Waals surface area contributed by atoms with Crippen molar-refractivity contribution in [1.29, 1.82) is 0 Å². The Hall–Kier alpha value is -2.46. The molecule has 0 radical (unpaired) electrons. The van der Waals surface area contributed by atoms with Gasteiger partial charge in [-0.2, -0.15) is 0 Å². The fourth-order valence-corrected chi connectivity index (χ4v) is 3.19. The molecule has 0 aliphatic rings. The van der Waals surface area contributed by atoms with Gasteiger partial charge in [0.05, 0.1) is 4.47 Å². The largest absolute Gasteiger partial charge is 0.349 e. The molecule has 4 aromatic rings. The zero-order chi connectivity index (χ0) is 15.6. The van der Waals surface area contributed by atoms with E-state index in [4.69, 9.17) is 4.98 Å². The molecular weight excluding hydrogens is 350 g/mol. The first-order valence-corrected chi connectivity index (χ1v) is 8.27. The number of hydrogen-bond acceptors (Lipinski definition) is 1. The van der Waals surface area contributed by atoms with Gasteiger partial charge in [0.25, 0.3) is 5.82 Å². The summed E-state index contributed by atoms with van der Waals surface area (Å²) in [6.07, 6.45) is 2.07. The molecule has 2 aromatic heterocycles.